The Morgan fingerprint density at radius 1 is 1.37 bits per heavy atom. The van der Waals surface area contributed by atoms with Crippen LogP contribution in [0.1, 0.15) is 24.2 Å². The van der Waals surface area contributed by atoms with Crippen molar-refractivity contribution in [3.63, 3.8) is 0 Å². The maximum Gasteiger partial charge on any atom is 0.335 e. The Hall–Kier alpha value is -1.59. The van der Waals surface area contributed by atoms with Gasteiger partial charge in [0, 0.05) is 17.3 Å². The number of carboxylic acids is 1. The van der Waals surface area contributed by atoms with Crippen LogP contribution in [-0.4, -0.2) is 23.5 Å². The fourth-order valence-corrected chi connectivity index (χ4v) is 1.94. The number of hydrogen-bond acceptors (Lipinski definition) is 3. The highest BCUT2D eigenvalue weighted by Crippen LogP contribution is 2.20. The molecule has 0 aromatic heterocycles. The fraction of sp³-hybridized carbons (Fsp3) is 0.385. The highest BCUT2D eigenvalue weighted by atomic mass is 35.5. The molecule has 0 heterocycles. The molecule has 0 aliphatic heterocycles. The van der Waals surface area contributed by atoms with Crippen molar-refractivity contribution >= 4 is 29.2 Å². The van der Waals surface area contributed by atoms with Crippen LogP contribution in [0.2, 0.25) is 5.02 Å². The molecule has 0 saturated carbocycles. The van der Waals surface area contributed by atoms with Crippen LogP contribution in [0.15, 0.2) is 18.2 Å². The number of nitrogens with one attached hydrogen (secondary N) is 1. The van der Waals surface area contributed by atoms with Gasteiger partial charge in [0.05, 0.1) is 11.5 Å². The Morgan fingerprint density at radius 3 is 2.47 bits per heavy atom. The zero-order chi connectivity index (χ0) is 14.6. The molecule has 0 aliphatic carbocycles. The Morgan fingerprint density at radius 2 is 2.00 bits per heavy atom. The lowest BCUT2D eigenvalue weighted by Gasteiger charge is -2.18. The average molecular weight is 285 g/mol. The van der Waals surface area contributed by atoms with E-state index < -0.39 is 5.97 Å². The third kappa shape index (κ3) is 4.22. The molecule has 0 saturated heterocycles. The van der Waals surface area contributed by atoms with Gasteiger partial charge in [-0.1, -0.05) is 25.4 Å². The number of hydrogen-bond donors (Lipinski definition) is 3. The molecule has 6 heteroatoms. The zero-order valence-corrected chi connectivity index (χ0v) is 11.6. The first kappa shape index (κ1) is 15.5. The summed E-state index contributed by atoms with van der Waals surface area (Å²) in [6.45, 7) is 4.03. The monoisotopic (exact) mass is 284 g/mol. The summed E-state index contributed by atoms with van der Waals surface area (Å²) < 4.78 is 0. The highest BCUT2D eigenvalue weighted by molar-refractivity contribution is 6.31. The van der Waals surface area contributed by atoms with E-state index in [-0.39, 0.29) is 34.9 Å². The van der Waals surface area contributed by atoms with Gasteiger partial charge in [0.15, 0.2) is 0 Å². The van der Waals surface area contributed by atoms with Gasteiger partial charge in [-0.15, -0.1) is 0 Å². The molecule has 1 aromatic carbocycles. The molecule has 19 heavy (non-hydrogen) atoms. The SMILES string of the molecule is CC(C)C(CN)C(=O)Nc1cc(Cl)cc(C(=O)O)c1. The van der Waals surface area contributed by atoms with Crippen LogP contribution in [0.5, 0.6) is 0 Å². The third-order valence-electron chi connectivity index (χ3n) is 2.81. The molecular formula is C13H17ClN2O3. The smallest absolute Gasteiger partial charge is 0.335 e. The van der Waals surface area contributed by atoms with Crippen LogP contribution in [0.4, 0.5) is 5.69 Å². The minimum Gasteiger partial charge on any atom is -0.478 e. The van der Waals surface area contributed by atoms with Crippen molar-refractivity contribution in [2.75, 3.05) is 11.9 Å². The van der Waals surface area contributed by atoms with E-state index in [0.717, 1.165) is 0 Å². The van der Waals surface area contributed by atoms with Crippen molar-refractivity contribution < 1.29 is 14.7 Å². The van der Waals surface area contributed by atoms with E-state index >= 15 is 0 Å². The quantitative estimate of drug-likeness (QED) is 0.773. The molecule has 0 radical (unpaired) electrons. The van der Waals surface area contributed by atoms with Gasteiger partial charge in [0.1, 0.15) is 0 Å². The molecule has 1 aromatic rings. The number of carbonyl (C=O) groups excluding carboxylic acids is 1. The predicted molar refractivity (Wildman–Crippen MR) is 74.4 cm³/mol. The van der Waals surface area contributed by atoms with Crippen molar-refractivity contribution in [1.82, 2.24) is 0 Å². The van der Waals surface area contributed by atoms with Gasteiger partial charge in [-0.25, -0.2) is 4.79 Å². The lowest BCUT2D eigenvalue weighted by Crippen LogP contribution is -2.33. The zero-order valence-electron chi connectivity index (χ0n) is 10.8. The first-order valence-electron chi connectivity index (χ1n) is 5.90. The second-order valence-corrected chi connectivity index (χ2v) is 5.05. The Labute approximate surface area is 116 Å². The van der Waals surface area contributed by atoms with Crippen LogP contribution in [0.3, 0.4) is 0 Å². The topological polar surface area (TPSA) is 92.4 Å². The normalized spacial score (nSPS) is 12.3. The molecule has 0 bridgehead atoms. The van der Waals surface area contributed by atoms with Gasteiger partial charge in [0.2, 0.25) is 5.91 Å². The van der Waals surface area contributed by atoms with Crippen LogP contribution >= 0.6 is 11.6 Å². The number of aromatic carboxylic acids is 1. The first-order chi connectivity index (χ1) is 8.85. The maximum atomic E-state index is 12.0. The second kappa shape index (κ2) is 6.54. The highest BCUT2D eigenvalue weighted by Gasteiger charge is 2.21. The molecule has 1 amide bonds. The van der Waals surface area contributed by atoms with Crippen molar-refractivity contribution in [2.24, 2.45) is 17.6 Å². The van der Waals surface area contributed by atoms with E-state index in [4.69, 9.17) is 22.4 Å². The number of anilines is 1. The van der Waals surface area contributed by atoms with Gasteiger partial charge in [-0.2, -0.15) is 0 Å². The number of carbonyl (C=O) groups is 2. The molecule has 1 atom stereocenters. The summed E-state index contributed by atoms with van der Waals surface area (Å²) in [6, 6.07) is 4.18. The van der Waals surface area contributed by atoms with Crippen LogP contribution in [0, 0.1) is 11.8 Å². The van der Waals surface area contributed by atoms with Crippen LogP contribution in [0.25, 0.3) is 0 Å². The number of rotatable bonds is 5. The standard InChI is InChI=1S/C13H17ClN2O3/c1-7(2)11(6-15)12(17)16-10-4-8(13(18)19)3-9(14)5-10/h3-5,7,11H,6,15H2,1-2H3,(H,16,17)(H,18,19). The van der Waals surface area contributed by atoms with Crippen molar-refractivity contribution in [1.29, 1.82) is 0 Å². The number of carboxylic acid groups (broad SMARTS) is 1. The molecule has 0 spiro atoms. The van der Waals surface area contributed by atoms with Gasteiger partial charge in [-0.05, 0) is 24.1 Å². The lowest BCUT2D eigenvalue weighted by atomic mass is 9.95. The van der Waals surface area contributed by atoms with Crippen LogP contribution in [-0.2, 0) is 4.79 Å². The molecule has 4 N–H and O–H groups in total. The number of amides is 1. The summed E-state index contributed by atoms with van der Waals surface area (Å²) in [5.41, 5.74) is 5.94. The predicted octanol–water partition coefficient (Wildman–Crippen LogP) is 2.21. The first-order valence-corrected chi connectivity index (χ1v) is 6.27. The number of benzene rings is 1. The van der Waals surface area contributed by atoms with E-state index in [2.05, 4.69) is 5.32 Å². The summed E-state index contributed by atoms with van der Waals surface area (Å²) in [5.74, 6) is -1.57. The minimum atomic E-state index is -1.10. The third-order valence-corrected chi connectivity index (χ3v) is 3.03. The van der Waals surface area contributed by atoms with Gasteiger partial charge < -0.3 is 16.2 Å². The summed E-state index contributed by atoms with van der Waals surface area (Å²) in [6.07, 6.45) is 0. The molecule has 5 nitrogen and oxygen atoms in total. The second-order valence-electron chi connectivity index (χ2n) is 4.61. The van der Waals surface area contributed by atoms with E-state index in [0.29, 0.717) is 5.69 Å². The van der Waals surface area contributed by atoms with Crippen molar-refractivity contribution in [3.8, 4) is 0 Å². The Balaban J connectivity index is 2.93. The van der Waals surface area contributed by atoms with E-state index in [1.54, 1.807) is 0 Å². The van der Waals surface area contributed by atoms with Crippen molar-refractivity contribution in [3.05, 3.63) is 28.8 Å². The minimum absolute atomic E-state index is 0.0247. The van der Waals surface area contributed by atoms with Gasteiger partial charge >= 0.3 is 5.97 Å². The molecule has 0 fully saturated rings. The number of halogens is 1. The fourth-order valence-electron chi connectivity index (χ4n) is 1.70. The van der Waals surface area contributed by atoms with Crippen molar-refractivity contribution in [2.45, 2.75) is 13.8 Å². The van der Waals surface area contributed by atoms with E-state index in [9.17, 15) is 9.59 Å². The molecule has 104 valence electrons. The van der Waals surface area contributed by atoms with E-state index in [1.807, 2.05) is 13.8 Å². The summed E-state index contributed by atoms with van der Waals surface area (Å²) in [5, 5.41) is 11.8. The Bertz CT molecular complexity index is 489. The molecule has 0 aliphatic rings. The van der Waals surface area contributed by atoms with Crippen LogP contribution < -0.4 is 11.1 Å². The largest absolute Gasteiger partial charge is 0.478 e. The maximum absolute atomic E-state index is 12.0. The summed E-state index contributed by atoms with van der Waals surface area (Å²) in [4.78, 5) is 22.9. The summed E-state index contributed by atoms with van der Waals surface area (Å²) in [7, 11) is 0. The number of nitrogens with two attached hydrogens (primary N) is 1. The summed E-state index contributed by atoms with van der Waals surface area (Å²) >= 11 is 5.81. The van der Waals surface area contributed by atoms with Gasteiger partial charge in [-0.3, -0.25) is 4.79 Å². The average Bonchev–Trinajstić information content (AvgIpc) is 2.28. The van der Waals surface area contributed by atoms with Gasteiger partial charge in [0.25, 0.3) is 0 Å². The Kier molecular flexibility index (Phi) is 5.32. The molecular weight excluding hydrogens is 268 g/mol. The van der Waals surface area contributed by atoms with E-state index in [1.165, 1.54) is 18.2 Å². The molecule has 1 rings (SSSR count). The molecule has 1 unspecified atom stereocenters. The lowest BCUT2D eigenvalue weighted by molar-refractivity contribution is -0.120.